The zero-order chi connectivity index (χ0) is 16.2. The van der Waals surface area contributed by atoms with E-state index in [1.54, 1.807) is 0 Å². The van der Waals surface area contributed by atoms with Gasteiger partial charge in [0.1, 0.15) is 5.69 Å². The Balaban J connectivity index is 1.95. The normalized spacial score (nSPS) is 12.7. The van der Waals surface area contributed by atoms with Crippen molar-refractivity contribution in [2.75, 3.05) is 6.54 Å². The first kappa shape index (κ1) is 15.9. The Morgan fingerprint density at radius 1 is 1.23 bits per heavy atom. The molecule has 2 aromatic rings. The van der Waals surface area contributed by atoms with Crippen LogP contribution >= 0.6 is 0 Å². The van der Waals surface area contributed by atoms with Gasteiger partial charge in [0.15, 0.2) is 0 Å². The van der Waals surface area contributed by atoms with Gasteiger partial charge < -0.3 is 10.4 Å². The van der Waals surface area contributed by atoms with Crippen LogP contribution in [-0.4, -0.2) is 27.5 Å². The van der Waals surface area contributed by atoms with Crippen LogP contribution in [0.3, 0.4) is 0 Å². The molecule has 1 amide bonds. The van der Waals surface area contributed by atoms with Crippen LogP contribution < -0.4 is 5.32 Å². The molecule has 116 valence electrons. The van der Waals surface area contributed by atoms with E-state index in [0.29, 0.717) is 0 Å². The van der Waals surface area contributed by atoms with Gasteiger partial charge in [-0.3, -0.25) is 9.78 Å². The van der Waals surface area contributed by atoms with E-state index in [1.165, 1.54) is 30.7 Å². The van der Waals surface area contributed by atoms with Gasteiger partial charge >= 0.3 is 6.18 Å². The number of carbonyl (C=O) groups excluding carboxylic acids is 1. The number of nitrogens with one attached hydrogen (secondary N) is 1. The lowest BCUT2D eigenvalue weighted by Gasteiger charge is -2.13. The van der Waals surface area contributed by atoms with Gasteiger partial charge in [-0.2, -0.15) is 13.2 Å². The summed E-state index contributed by atoms with van der Waals surface area (Å²) >= 11 is 0. The van der Waals surface area contributed by atoms with Crippen LogP contribution in [0.1, 0.15) is 27.7 Å². The van der Waals surface area contributed by atoms with E-state index >= 15 is 0 Å². The minimum atomic E-state index is -4.43. The smallest absolute Gasteiger partial charge is 0.387 e. The molecule has 0 radical (unpaired) electrons. The number of hydrogen-bond donors (Lipinski definition) is 2. The second kappa shape index (κ2) is 6.52. The van der Waals surface area contributed by atoms with E-state index < -0.39 is 23.8 Å². The molecular formula is C14H12F3N3O2. The van der Waals surface area contributed by atoms with Crippen LogP contribution in [0.15, 0.2) is 42.9 Å². The summed E-state index contributed by atoms with van der Waals surface area (Å²) in [5, 5.41) is 12.3. The van der Waals surface area contributed by atoms with E-state index in [-0.39, 0.29) is 17.8 Å². The maximum atomic E-state index is 12.4. The van der Waals surface area contributed by atoms with Crippen molar-refractivity contribution in [3.05, 3.63) is 59.7 Å². The standard InChI is InChI=1S/C14H12F3N3O2/c15-14(16,17)10-3-1-9(2-4-10)12(21)8-20-13(22)11-7-18-5-6-19-11/h1-7,12,21H,8H2,(H,20,22). The van der Waals surface area contributed by atoms with Gasteiger partial charge in [0.2, 0.25) is 0 Å². The van der Waals surface area contributed by atoms with Crippen molar-refractivity contribution in [1.82, 2.24) is 15.3 Å². The van der Waals surface area contributed by atoms with E-state index in [9.17, 15) is 23.1 Å². The Hall–Kier alpha value is -2.48. The molecule has 0 aliphatic heterocycles. The average molecular weight is 311 g/mol. The number of carbonyl (C=O) groups is 1. The molecule has 1 aromatic heterocycles. The van der Waals surface area contributed by atoms with Crippen molar-refractivity contribution < 1.29 is 23.1 Å². The molecule has 0 saturated heterocycles. The van der Waals surface area contributed by atoms with Gasteiger partial charge in [0.25, 0.3) is 5.91 Å². The second-order valence-electron chi connectivity index (χ2n) is 4.44. The molecule has 2 N–H and O–H groups in total. The molecule has 8 heteroatoms. The van der Waals surface area contributed by atoms with E-state index in [4.69, 9.17) is 0 Å². The third-order valence-corrected chi connectivity index (χ3v) is 2.87. The lowest BCUT2D eigenvalue weighted by Crippen LogP contribution is -2.29. The van der Waals surface area contributed by atoms with Crippen molar-refractivity contribution in [2.45, 2.75) is 12.3 Å². The van der Waals surface area contributed by atoms with Crippen LogP contribution in [-0.2, 0) is 6.18 Å². The minimum absolute atomic E-state index is 0.0853. The summed E-state index contributed by atoms with van der Waals surface area (Å²) in [7, 11) is 0. The van der Waals surface area contributed by atoms with Gasteiger partial charge in [-0.1, -0.05) is 12.1 Å². The highest BCUT2D eigenvalue weighted by Gasteiger charge is 2.30. The van der Waals surface area contributed by atoms with Crippen molar-refractivity contribution in [1.29, 1.82) is 0 Å². The highest BCUT2D eigenvalue weighted by atomic mass is 19.4. The fourth-order valence-corrected chi connectivity index (χ4v) is 1.71. The Labute approximate surface area is 123 Å². The number of halogens is 3. The molecule has 1 atom stereocenters. The van der Waals surface area contributed by atoms with Crippen LogP contribution in [0.2, 0.25) is 0 Å². The van der Waals surface area contributed by atoms with Gasteiger partial charge in [0, 0.05) is 18.9 Å². The SMILES string of the molecule is O=C(NCC(O)c1ccc(C(F)(F)F)cc1)c1cnccn1. The first-order chi connectivity index (χ1) is 10.4. The summed E-state index contributed by atoms with van der Waals surface area (Å²) in [5.74, 6) is -0.529. The van der Waals surface area contributed by atoms with E-state index in [1.807, 2.05) is 0 Å². The molecule has 0 spiro atoms. The first-order valence-corrected chi connectivity index (χ1v) is 6.27. The predicted octanol–water partition coefficient (Wildman–Crippen LogP) is 1.96. The van der Waals surface area contributed by atoms with Gasteiger partial charge in [-0.25, -0.2) is 4.98 Å². The molecule has 0 aliphatic carbocycles. The van der Waals surface area contributed by atoms with Gasteiger partial charge in [-0.15, -0.1) is 0 Å². The highest BCUT2D eigenvalue weighted by molar-refractivity contribution is 5.91. The molecule has 0 aliphatic rings. The monoisotopic (exact) mass is 311 g/mol. The Morgan fingerprint density at radius 3 is 2.45 bits per heavy atom. The van der Waals surface area contributed by atoms with Crippen molar-refractivity contribution in [2.24, 2.45) is 0 Å². The summed E-state index contributed by atoms with van der Waals surface area (Å²) in [6, 6.07) is 4.09. The summed E-state index contributed by atoms with van der Waals surface area (Å²) in [4.78, 5) is 19.2. The Kier molecular flexibility index (Phi) is 4.71. The van der Waals surface area contributed by atoms with Crippen LogP contribution in [0.25, 0.3) is 0 Å². The van der Waals surface area contributed by atoms with Crippen molar-refractivity contribution in [3.8, 4) is 0 Å². The quantitative estimate of drug-likeness (QED) is 0.905. The summed E-state index contributed by atoms with van der Waals surface area (Å²) in [6.45, 7) is -0.152. The number of aliphatic hydroxyl groups is 1. The molecule has 2 rings (SSSR count). The molecular weight excluding hydrogens is 299 g/mol. The molecule has 0 saturated carbocycles. The zero-order valence-corrected chi connectivity index (χ0v) is 11.2. The van der Waals surface area contributed by atoms with Crippen molar-refractivity contribution in [3.63, 3.8) is 0 Å². The fourth-order valence-electron chi connectivity index (χ4n) is 1.71. The Morgan fingerprint density at radius 2 is 1.91 bits per heavy atom. The maximum Gasteiger partial charge on any atom is 0.416 e. The van der Waals surface area contributed by atoms with Gasteiger partial charge in [-0.05, 0) is 17.7 Å². The van der Waals surface area contributed by atoms with Crippen molar-refractivity contribution >= 4 is 5.91 Å². The number of amides is 1. The third-order valence-electron chi connectivity index (χ3n) is 2.87. The number of rotatable bonds is 4. The molecule has 1 unspecified atom stereocenters. The second-order valence-corrected chi connectivity index (χ2v) is 4.44. The molecule has 5 nitrogen and oxygen atoms in total. The number of aromatic nitrogens is 2. The van der Waals surface area contributed by atoms with E-state index in [0.717, 1.165) is 12.1 Å². The summed E-state index contributed by atoms with van der Waals surface area (Å²) in [6.07, 6.45) is -1.53. The number of alkyl halides is 3. The fraction of sp³-hybridized carbons (Fsp3) is 0.214. The third kappa shape index (κ3) is 4.01. The lowest BCUT2D eigenvalue weighted by molar-refractivity contribution is -0.137. The number of aliphatic hydroxyl groups excluding tert-OH is 1. The topological polar surface area (TPSA) is 75.1 Å². The average Bonchev–Trinajstić information content (AvgIpc) is 2.52. The first-order valence-electron chi connectivity index (χ1n) is 6.27. The van der Waals surface area contributed by atoms with E-state index in [2.05, 4.69) is 15.3 Å². The minimum Gasteiger partial charge on any atom is -0.387 e. The predicted molar refractivity (Wildman–Crippen MR) is 70.8 cm³/mol. The zero-order valence-electron chi connectivity index (χ0n) is 11.2. The summed E-state index contributed by atoms with van der Waals surface area (Å²) in [5.41, 5.74) is -0.443. The number of hydrogen-bond acceptors (Lipinski definition) is 4. The summed E-state index contributed by atoms with van der Waals surface area (Å²) < 4.78 is 37.3. The van der Waals surface area contributed by atoms with Crippen LogP contribution in [0, 0.1) is 0 Å². The number of nitrogens with zero attached hydrogens (tertiary/aromatic N) is 2. The van der Waals surface area contributed by atoms with Crippen LogP contribution in [0.5, 0.6) is 0 Å². The van der Waals surface area contributed by atoms with Crippen LogP contribution in [0.4, 0.5) is 13.2 Å². The highest BCUT2D eigenvalue weighted by Crippen LogP contribution is 2.29. The van der Waals surface area contributed by atoms with Gasteiger partial charge in [0.05, 0.1) is 17.9 Å². The Bertz CT molecular complexity index is 630. The molecule has 0 fully saturated rings. The maximum absolute atomic E-state index is 12.4. The molecule has 1 heterocycles. The largest absolute Gasteiger partial charge is 0.416 e. The lowest BCUT2D eigenvalue weighted by atomic mass is 10.1. The molecule has 0 bridgehead atoms. The number of benzene rings is 1. The molecule has 22 heavy (non-hydrogen) atoms. The molecule has 1 aromatic carbocycles.